The molecule has 182 valence electrons. The van der Waals surface area contributed by atoms with E-state index < -0.39 is 5.97 Å². The van der Waals surface area contributed by atoms with E-state index in [2.05, 4.69) is 5.32 Å². The molecule has 0 amide bonds. The topological polar surface area (TPSA) is 72.7 Å². The van der Waals surface area contributed by atoms with Crippen molar-refractivity contribution in [3.8, 4) is 11.5 Å². The molecule has 0 unspecified atom stereocenters. The number of aryl methyl sites for hydroxylation is 1. The maximum Gasteiger partial charge on any atom is 0.352 e. The van der Waals surface area contributed by atoms with E-state index in [4.69, 9.17) is 9.47 Å². The molecule has 6 nitrogen and oxygen atoms in total. The molecule has 0 aliphatic carbocycles. The first-order valence-corrected chi connectivity index (χ1v) is 11.4. The van der Waals surface area contributed by atoms with E-state index in [0.29, 0.717) is 26.1 Å². The highest BCUT2D eigenvalue weighted by Gasteiger charge is 2.22. The monoisotopic (exact) mass is 476 g/mol. The van der Waals surface area contributed by atoms with Gasteiger partial charge in [0.1, 0.15) is 23.0 Å². The molecule has 0 radical (unpaired) electrons. The molecule has 7 heteroatoms. The Balaban J connectivity index is 1.62. The fourth-order valence-electron chi connectivity index (χ4n) is 4.40. The lowest BCUT2D eigenvalue weighted by atomic mass is 10.1. The lowest BCUT2D eigenvalue weighted by molar-refractivity contribution is 0.0684. The summed E-state index contributed by atoms with van der Waals surface area (Å²) in [4.78, 5) is 12.4. The van der Waals surface area contributed by atoms with Crippen LogP contribution >= 0.6 is 0 Å². The molecule has 0 atom stereocenters. The highest BCUT2D eigenvalue weighted by atomic mass is 19.1. The van der Waals surface area contributed by atoms with E-state index >= 15 is 0 Å². The Morgan fingerprint density at radius 3 is 2.49 bits per heavy atom. The third-order valence-corrected chi connectivity index (χ3v) is 6.14. The zero-order valence-electron chi connectivity index (χ0n) is 20.1. The van der Waals surface area contributed by atoms with Gasteiger partial charge in [-0.1, -0.05) is 24.3 Å². The van der Waals surface area contributed by atoms with Gasteiger partial charge >= 0.3 is 5.97 Å². The number of nitrogens with zero attached hydrogens (tertiary/aromatic N) is 1. The number of ether oxygens (including phenoxy) is 2. The zero-order valence-corrected chi connectivity index (χ0v) is 20.1. The minimum Gasteiger partial charge on any atom is -0.497 e. The molecule has 0 spiro atoms. The molecular weight excluding hydrogens is 447 g/mol. The van der Waals surface area contributed by atoms with Crippen LogP contribution in [0.15, 0.2) is 60.7 Å². The maximum absolute atomic E-state index is 13.4. The van der Waals surface area contributed by atoms with Crippen LogP contribution in [0.4, 0.5) is 4.39 Å². The third kappa shape index (κ3) is 5.30. The van der Waals surface area contributed by atoms with Crippen LogP contribution in [0.3, 0.4) is 0 Å². The van der Waals surface area contributed by atoms with Gasteiger partial charge in [-0.05, 0) is 73.0 Å². The summed E-state index contributed by atoms with van der Waals surface area (Å²) < 4.78 is 26.0. The summed E-state index contributed by atoms with van der Waals surface area (Å²) in [6.45, 7) is 3.33. The molecule has 1 heterocycles. The number of methoxy groups -OCH3 is 2. The van der Waals surface area contributed by atoms with Gasteiger partial charge in [0.2, 0.25) is 0 Å². The minimum absolute atomic E-state index is 0.237. The van der Waals surface area contributed by atoms with Crippen molar-refractivity contribution in [2.45, 2.75) is 26.4 Å². The molecule has 3 aromatic carbocycles. The van der Waals surface area contributed by atoms with Gasteiger partial charge in [0.25, 0.3) is 0 Å². The summed E-state index contributed by atoms with van der Waals surface area (Å²) in [5.74, 6) is 0.226. The second-order valence-electron chi connectivity index (χ2n) is 8.47. The van der Waals surface area contributed by atoms with Crippen molar-refractivity contribution >= 4 is 16.9 Å². The molecule has 4 aromatic rings. The van der Waals surface area contributed by atoms with Gasteiger partial charge in [-0.25, -0.2) is 9.18 Å². The van der Waals surface area contributed by atoms with Crippen LogP contribution in [0, 0.1) is 12.7 Å². The first-order chi connectivity index (χ1) is 16.9. The Bertz CT molecular complexity index is 1350. The van der Waals surface area contributed by atoms with E-state index in [0.717, 1.165) is 44.7 Å². The van der Waals surface area contributed by atoms with E-state index in [9.17, 15) is 14.3 Å². The first-order valence-electron chi connectivity index (χ1n) is 11.4. The fourth-order valence-corrected chi connectivity index (χ4v) is 4.40. The predicted molar refractivity (Wildman–Crippen MR) is 134 cm³/mol. The summed E-state index contributed by atoms with van der Waals surface area (Å²) in [5, 5.41) is 14.5. The molecular formula is C28H29FN2O4. The summed E-state index contributed by atoms with van der Waals surface area (Å²) >= 11 is 0. The van der Waals surface area contributed by atoms with Crippen LogP contribution in [0.5, 0.6) is 11.5 Å². The first kappa shape index (κ1) is 24.3. The summed E-state index contributed by atoms with van der Waals surface area (Å²) in [7, 11) is 3.26. The number of hydrogen-bond donors (Lipinski definition) is 2. The predicted octanol–water partition coefficient (Wildman–Crippen LogP) is 5.18. The van der Waals surface area contributed by atoms with E-state index in [-0.39, 0.29) is 11.5 Å². The van der Waals surface area contributed by atoms with Crippen molar-refractivity contribution in [3.05, 3.63) is 94.4 Å². The largest absolute Gasteiger partial charge is 0.497 e. The number of carboxylic acids is 1. The number of nitrogens with one attached hydrogen (secondary N) is 1. The Labute approximate surface area is 203 Å². The summed E-state index contributed by atoms with van der Waals surface area (Å²) in [6, 6.07) is 17.8. The lowest BCUT2D eigenvalue weighted by Crippen LogP contribution is -2.19. The van der Waals surface area contributed by atoms with E-state index in [1.54, 1.807) is 30.9 Å². The number of carboxylic acid groups (broad SMARTS) is 1. The normalized spacial score (nSPS) is 11.1. The number of fused-ring (bicyclic) bond motifs is 1. The van der Waals surface area contributed by atoms with E-state index in [1.807, 2.05) is 43.3 Å². The van der Waals surface area contributed by atoms with Gasteiger partial charge in [-0.2, -0.15) is 0 Å². The van der Waals surface area contributed by atoms with Gasteiger partial charge < -0.3 is 24.5 Å². The molecule has 0 fully saturated rings. The van der Waals surface area contributed by atoms with Crippen LogP contribution in [0.1, 0.15) is 32.7 Å². The number of hydrogen-bond acceptors (Lipinski definition) is 4. The van der Waals surface area contributed by atoms with E-state index in [1.165, 1.54) is 12.1 Å². The van der Waals surface area contributed by atoms with Crippen LogP contribution in [0.25, 0.3) is 10.9 Å². The maximum atomic E-state index is 13.4. The standard InChI is InChI=1S/C28H29FN2O4/c1-18-4-10-23-24(16-30-13-12-20-15-22(34-2)9-11-26(20)35-3)27(28(32)33)31(25(23)14-18)17-19-5-7-21(29)8-6-19/h4-11,14-15,30H,12-13,16-17H2,1-3H3,(H,32,33). The lowest BCUT2D eigenvalue weighted by Gasteiger charge is -2.12. The third-order valence-electron chi connectivity index (χ3n) is 6.14. The van der Waals surface area contributed by atoms with Crippen molar-refractivity contribution in [2.75, 3.05) is 20.8 Å². The van der Waals surface area contributed by atoms with Crippen LogP contribution in [0.2, 0.25) is 0 Å². The van der Waals surface area contributed by atoms with Gasteiger partial charge in [0.15, 0.2) is 0 Å². The van der Waals surface area contributed by atoms with Crippen LogP contribution in [-0.2, 0) is 19.5 Å². The minimum atomic E-state index is -0.993. The van der Waals surface area contributed by atoms with Gasteiger partial charge in [-0.3, -0.25) is 0 Å². The molecule has 1 aromatic heterocycles. The average Bonchev–Trinajstić information content (AvgIpc) is 3.15. The van der Waals surface area contributed by atoms with Crippen molar-refractivity contribution in [3.63, 3.8) is 0 Å². The highest BCUT2D eigenvalue weighted by molar-refractivity contribution is 5.98. The number of benzene rings is 3. The molecule has 0 bridgehead atoms. The second-order valence-corrected chi connectivity index (χ2v) is 8.47. The smallest absolute Gasteiger partial charge is 0.352 e. The Hall–Kier alpha value is -3.84. The molecule has 0 aliphatic rings. The highest BCUT2D eigenvalue weighted by Crippen LogP contribution is 2.29. The quantitative estimate of drug-likeness (QED) is 0.309. The second kappa shape index (κ2) is 10.6. The number of carbonyl (C=O) groups is 1. The number of halogens is 1. The fraction of sp³-hybridized carbons (Fsp3) is 0.250. The SMILES string of the molecule is COc1ccc(OC)c(CCNCc2c(C(=O)O)n(Cc3ccc(F)cc3)c3cc(C)ccc23)c1. The van der Waals surface area contributed by atoms with Crippen molar-refractivity contribution in [1.29, 1.82) is 0 Å². The zero-order chi connectivity index (χ0) is 24.9. The van der Waals surface area contributed by atoms with Gasteiger partial charge in [0, 0.05) is 29.6 Å². The van der Waals surface area contributed by atoms with Crippen LogP contribution in [-0.4, -0.2) is 36.4 Å². The van der Waals surface area contributed by atoms with Crippen molar-refractivity contribution in [1.82, 2.24) is 9.88 Å². The van der Waals surface area contributed by atoms with Gasteiger partial charge in [0.05, 0.1) is 14.2 Å². The Morgan fingerprint density at radius 1 is 1.03 bits per heavy atom. The molecule has 0 saturated heterocycles. The molecule has 4 rings (SSSR count). The molecule has 0 saturated carbocycles. The summed E-state index contributed by atoms with van der Waals surface area (Å²) in [6.07, 6.45) is 0.691. The Morgan fingerprint density at radius 2 is 1.80 bits per heavy atom. The van der Waals surface area contributed by atoms with Crippen molar-refractivity contribution < 1.29 is 23.8 Å². The number of aromatic carboxylic acids is 1. The number of aromatic nitrogens is 1. The van der Waals surface area contributed by atoms with Gasteiger partial charge in [-0.15, -0.1) is 0 Å². The number of rotatable bonds is 10. The molecule has 0 aliphatic heterocycles. The summed E-state index contributed by atoms with van der Waals surface area (Å²) in [5.41, 5.74) is 4.69. The molecule has 35 heavy (non-hydrogen) atoms. The Kier molecular flexibility index (Phi) is 7.36. The molecule has 2 N–H and O–H groups in total. The average molecular weight is 477 g/mol. The van der Waals surface area contributed by atoms with Crippen LogP contribution < -0.4 is 14.8 Å². The van der Waals surface area contributed by atoms with Crippen molar-refractivity contribution in [2.24, 2.45) is 0 Å².